The van der Waals surface area contributed by atoms with Gasteiger partial charge in [0, 0.05) is 22.9 Å². The van der Waals surface area contributed by atoms with E-state index in [1.165, 1.54) is 0 Å². The van der Waals surface area contributed by atoms with Crippen LogP contribution in [0.25, 0.3) is 0 Å². The minimum Gasteiger partial charge on any atom is -0.294 e. The fourth-order valence-corrected chi connectivity index (χ4v) is 3.15. The number of ketones is 1. The summed E-state index contributed by atoms with van der Waals surface area (Å²) in [5.74, 6) is -0.319. The van der Waals surface area contributed by atoms with Gasteiger partial charge in [0.05, 0.1) is 0 Å². The summed E-state index contributed by atoms with van der Waals surface area (Å²) in [4.78, 5) is 12.2. The molecule has 3 rings (SSSR count). The van der Waals surface area contributed by atoms with Crippen molar-refractivity contribution in [2.45, 2.75) is 12.3 Å². The monoisotopic (exact) mass is 292 g/mol. The Morgan fingerprint density at radius 3 is 2.05 bits per heavy atom. The maximum atomic E-state index is 12.2. The van der Waals surface area contributed by atoms with Crippen LogP contribution in [0.15, 0.2) is 18.2 Å². The van der Waals surface area contributed by atoms with Crippen LogP contribution in [-0.4, -0.2) is 45.0 Å². The van der Waals surface area contributed by atoms with Crippen molar-refractivity contribution in [1.29, 1.82) is 0 Å². The largest absolute Gasteiger partial charge is 0.294 e. The molecule has 1 aliphatic carbocycles. The summed E-state index contributed by atoms with van der Waals surface area (Å²) in [6, 6.07) is 5.17. The van der Waals surface area contributed by atoms with Crippen molar-refractivity contribution in [3.05, 3.63) is 39.9 Å². The van der Waals surface area contributed by atoms with E-state index < -0.39 is 0 Å². The second-order valence-corrected chi connectivity index (χ2v) is 5.83. The molecule has 94 valence electrons. The van der Waals surface area contributed by atoms with Crippen LogP contribution in [0.3, 0.4) is 0 Å². The van der Waals surface area contributed by atoms with E-state index in [9.17, 15) is 4.79 Å². The fourth-order valence-electron chi connectivity index (χ4n) is 2.98. The molecule has 7 heteroatoms. The molecular formula is C15H6B5ClO. The third kappa shape index (κ3) is 2.20. The van der Waals surface area contributed by atoms with E-state index in [1.54, 1.807) is 18.2 Å². The minimum absolute atomic E-state index is 0.0183. The van der Waals surface area contributed by atoms with Crippen LogP contribution in [0.4, 0.5) is 0 Å². The second-order valence-electron chi connectivity index (χ2n) is 5.39. The molecule has 2 aromatic carbocycles. The lowest BCUT2D eigenvalue weighted by molar-refractivity contribution is 0.0991. The number of benzene rings is 2. The predicted molar refractivity (Wildman–Crippen MR) is 95.6 cm³/mol. The third-order valence-corrected chi connectivity index (χ3v) is 4.41. The van der Waals surface area contributed by atoms with Crippen LogP contribution < -0.4 is 27.3 Å². The molecule has 1 nitrogen and oxygen atoms in total. The molecule has 0 fully saturated rings. The zero-order valence-electron chi connectivity index (χ0n) is 11.7. The molecule has 0 bridgehead atoms. The molecule has 0 amide bonds. The molecule has 10 radical (unpaired) electrons. The maximum Gasteiger partial charge on any atom is 0.164 e. The quantitative estimate of drug-likeness (QED) is 0.557. The second kappa shape index (κ2) is 5.42. The lowest BCUT2D eigenvalue weighted by Crippen LogP contribution is -2.56. The number of rotatable bonds is 1. The van der Waals surface area contributed by atoms with Gasteiger partial charge in [0.25, 0.3) is 0 Å². The first-order valence-corrected chi connectivity index (χ1v) is 7.04. The Bertz CT molecular complexity index is 789. The van der Waals surface area contributed by atoms with Crippen LogP contribution in [-0.2, 0) is 0 Å². The lowest BCUT2D eigenvalue weighted by atomic mass is 9.58. The average Bonchev–Trinajstić information content (AvgIpc) is 2.80. The number of carbonyl (C=O) groups is 1. The van der Waals surface area contributed by atoms with E-state index in [4.69, 9.17) is 50.8 Å². The van der Waals surface area contributed by atoms with Crippen LogP contribution in [0.5, 0.6) is 0 Å². The van der Waals surface area contributed by atoms with Gasteiger partial charge < -0.3 is 0 Å². The Labute approximate surface area is 141 Å². The van der Waals surface area contributed by atoms with Gasteiger partial charge >= 0.3 is 0 Å². The van der Waals surface area contributed by atoms with E-state index in [2.05, 4.69) is 0 Å². The van der Waals surface area contributed by atoms with E-state index in [-0.39, 0.29) is 45.4 Å². The summed E-state index contributed by atoms with van der Waals surface area (Å²) in [6.45, 7) is 0. The fraction of sp³-hybridized carbons (Fsp3) is 0.133. The van der Waals surface area contributed by atoms with E-state index in [0.717, 1.165) is 5.56 Å². The highest BCUT2D eigenvalue weighted by atomic mass is 35.5. The van der Waals surface area contributed by atoms with Gasteiger partial charge in [0.2, 0.25) is 0 Å². The predicted octanol–water partition coefficient (Wildman–Crippen LogP) is -1.97. The molecule has 1 atom stereocenters. The van der Waals surface area contributed by atoms with Gasteiger partial charge in [-0.3, -0.25) is 4.79 Å². The first kappa shape index (κ1) is 15.6. The number of hydrogen-bond acceptors (Lipinski definition) is 1. The van der Waals surface area contributed by atoms with Crippen LogP contribution in [0.1, 0.15) is 33.8 Å². The van der Waals surface area contributed by atoms with Gasteiger partial charge in [-0.25, -0.2) is 0 Å². The van der Waals surface area contributed by atoms with E-state index in [0.29, 0.717) is 16.1 Å². The van der Waals surface area contributed by atoms with Gasteiger partial charge in [-0.15, -0.1) is 27.3 Å². The summed E-state index contributed by atoms with van der Waals surface area (Å²) in [6.07, 6.45) is 0.243. The van der Waals surface area contributed by atoms with Gasteiger partial charge in [0.1, 0.15) is 39.2 Å². The minimum atomic E-state index is -0.301. The molecule has 0 unspecified atom stereocenters. The SMILES string of the molecule is [B]c1c([B])c([B])c([C@@H]2CC(=O)c3cc(Cl)ccc32)c([B])c1[B]. The Balaban J connectivity index is 2.26. The van der Waals surface area contributed by atoms with Crippen molar-refractivity contribution in [2.24, 2.45) is 0 Å². The summed E-state index contributed by atoms with van der Waals surface area (Å²) in [5, 5.41) is 0.505. The van der Waals surface area contributed by atoms with E-state index >= 15 is 0 Å². The van der Waals surface area contributed by atoms with Crippen LogP contribution in [0.2, 0.25) is 5.02 Å². The van der Waals surface area contributed by atoms with Crippen molar-refractivity contribution in [3.63, 3.8) is 0 Å². The molecule has 0 saturated heterocycles. The van der Waals surface area contributed by atoms with Crippen molar-refractivity contribution in [3.8, 4) is 0 Å². The first-order chi connectivity index (χ1) is 10.3. The van der Waals surface area contributed by atoms with Gasteiger partial charge in [-0.1, -0.05) is 23.2 Å². The topological polar surface area (TPSA) is 17.1 Å². The maximum absolute atomic E-state index is 12.2. The number of carbonyl (C=O) groups excluding carboxylic acids is 1. The van der Waals surface area contributed by atoms with Gasteiger partial charge in [-0.05, 0) is 17.7 Å². The smallest absolute Gasteiger partial charge is 0.164 e. The first-order valence-electron chi connectivity index (χ1n) is 6.66. The van der Waals surface area contributed by atoms with Crippen molar-refractivity contribution in [2.75, 3.05) is 0 Å². The van der Waals surface area contributed by atoms with Crippen molar-refractivity contribution in [1.82, 2.24) is 0 Å². The molecule has 0 aliphatic heterocycles. The number of halogens is 1. The Morgan fingerprint density at radius 1 is 0.909 bits per heavy atom. The summed E-state index contributed by atoms with van der Waals surface area (Å²) in [5.41, 5.74) is 3.03. The molecular weight excluding hydrogens is 286 g/mol. The highest BCUT2D eigenvalue weighted by Gasteiger charge is 2.32. The Hall–Kier alpha value is -1.28. The Kier molecular flexibility index (Phi) is 3.85. The number of hydrogen-bond donors (Lipinski definition) is 0. The molecule has 0 N–H and O–H groups in total. The average molecular weight is 292 g/mol. The molecule has 0 aromatic heterocycles. The number of Topliss-reactive ketones (excluding diaryl/α,β-unsaturated/α-hetero) is 1. The zero-order valence-corrected chi connectivity index (χ0v) is 12.4. The Morgan fingerprint density at radius 2 is 1.45 bits per heavy atom. The highest BCUT2D eigenvalue weighted by molar-refractivity contribution is 6.67. The molecule has 0 spiro atoms. The van der Waals surface area contributed by atoms with Crippen LogP contribution in [0, 0.1) is 0 Å². The molecule has 2 aromatic rings. The van der Waals surface area contributed by atoms with Crippen LogP contribution >= 0.6 is 11.6 Å². The highest BCUT2D eigenvalue weighted by Crippen LogP contribution is 2.37. The lowest BCUT2D eigenvalue weighted by Gasteiger charge is -2.25. The number of fused-ring (bicyclic) bond motifs is 1. The summed E-state index contributed by atoms with van der Waals surface area (Å²) >= 11 is 5.96. The molecule has 22 heavy (non-hydrogen) atoms. The third-order valence-electron chi connectivity index (χ3n) is 4.17. The van der Waals surface area contributed by atoms with Crippen molar-refractivity contribution >= 4 is 83.9 Å². The van der Waals surface area contributed by atoms with Crippen molar-refractivity contribution < 1.29 is 4.79 Å². The van der Waals surface area contributed by atoms with Gasteiger partial charge in [-0.2, -0.15) is 0 Å². The molecule has 0 heterocycles. The molecule has 0 saturated carbocycles. The van der Waals surface area contributed by atoms with Gasteiger partial charge in [0.15, 0.2) is 5.78 Å². The zero-order chi connectivity index (χ0) is 16.2. The summed E-state index contributed by atoms with van der Waals surface area (Å²) in [7, 11) is 29.8. The molecule has 1 aliphatic rings. The standard InChI is InChI=1S/C15H6B5ClO/c16-11-10(12(17)14(19)15(20)13(11)18)8-4-9(22)7-3-5(21)1-2-6(7)8/h1-3,8H,4H2/t8-/m1/s1. The van der Waals surface area contributed by atoms with E-state index in [1.807, 2.05) is 0 Å². The normalized spacial score (nSPS) is 16.8. The summed E-state index contributed by atoms with van der Waals surface area (Å²) < 4.78 is 0.